The summed E-state index contributed by atoms with van der Waals surface area (Å²) in [4.78, 5) is 14.4. The first kappa shape index (κ1) is 16.1. The summed E-state index contributed by atoms with van der Waals surface area (Å²) in [6.07, 6.45) is 4.69. The van der Waals surface area contributed by atoms with Gasteiger partial charge in [0.15, 0.2) is 11.5 Å². The Morgan fingerprint density at radius 2 is 1.96 bits per heavy atom. The fourth-order valence-electron chi connectivity index (χ4n) is 3.20. The summed E-state index contributed by atoms with van der Waals surface area (Å²) < 4.78 is 11.2. The van der Waals surface area contributed by atoms with E-state index in [2.05, 4.69) is 10.2 Å². The molecule has 0 spiro atoms. The third kappa shape index (κ3) is 3.96. The van der Waals surface area contributed by atoms with Crippen molar-refractivity contribution in [1.82, 2.24) is 10.2 Å². The van der Waals surface area contributed by atoms with Crippen LogP contribution in [0.15, 0.2) is 18.2 Å². The Kier molecular flexibility index (Phi) is 5.06. The molecule has 0 aromatic heterocycles. The quantitative estimate of drug-likeness (QED) is 0.905. The van der Waals surface area contributed by atoms with Crippen molar-refractivity contribution in [2.45, 2.75) is 51.2 Å². The highest BCUT2D eigenvalue weighted by Gasteiger charge is 2.23. The molecule has 0 saturated heterocycles. The maximum absolute atomic E-state index is 12.4. The van der Waals surface area contributed by atoms with Crippen molar-refractivity contribution in [3.8, 4) is 11.5 Å². The van der Waals surface area contributed by atoms with E-state index in [0.717, 1.165) is 29.9 Å². The molecular formula is C18H26N2O3. The van der Waals surface area contributed by atoms with Gasteiger partial charge in [0.2, 0.25) is 5.91 Å². The minimum Gasteiger partial charge on any atom is -0.486 e. The van der Waals surface area contributed by atoms with E-state index in [1.165, 1.54) is 12.8 Å². The molecule has 3 rings (SSSR count). The van der Waals surface area contributed by atoms with Gasteiger partial charge in [0.25, 0.3) is 0 Å². The highest BCUT2D eigenvalue weighted by molar-refractivity contribution is 5.81. The lowest BCUT2D eigenvalue weighted by Gasteiger charge is -2.26. The molecule has 1 unspecified atom stereocenters. The molecule has 1 fully saturated rings. The van der Waals surface area contributed by atoms with Gasteiger partial charge in [-0.1, -0.05) is 18.9 Å². The summed E-state index contributed by atoms with van der Waals surface area (Å²) in [5.41, 5.74) is 1.12. The molecule has 1 heterocycles. The number of ether oxygens (including phenoxy) is 2. The molecule has 1 saturated carbocycles. The number of hydrogen-bond acceptors (Lipinski definition) is 4. The van der Waals surface area contributed by atoms with Crippen LogP contribution in [0, 0.1) is 0 Å². The molecular weight excluding hydrogens is 292 g/mol. The minimum atomic E-state index is -0.149. The zero-order valence-corrected chi connectivity index (χ0v) is 14.0. The van der Waals surface area contributed by atoms with Crippen molar-refractivity contribution in [2.24, 2.45) is 0 Å². The Hall–Kier alpha value is -1.75. The van der Waals surface area contributed by atoms with Crippen LogP contribution < -0.4 is 14.8 Å². The summed E-state index contributed by atoms with van der Waals surface area (Å²) in [5.74, 6) is 1.72. The highest BCUT2D eigenvalue weighted by Crippen LogP contribution is 2.31. The van der Waals surface area contributed by atoms with Crippen molar-refractivity contribution < 1.29 is 14.3 Å². The van der Waals surface area contributed by atoms with Crippen LogP contribution in [0.4, 0.5) is 0 Å². The summed E-state index contributed by atoms with van der Waals surface area (Å²) >= 11 is 0. The predicted molar refractivity (Wildman–Crippen MR) is 88.8 cm³/mol. The van der Waals surface area contributed by atoms with Gasteiger partial charge in [-0.25, -0.2) is 0 Å². The van der Waals surface area contributed by atoms with Crippen LogP contribution in [0.3, 0.4) is 0 Å². The molecule has 2 aliphatic rings. The first-order valence-electron chi connectivity index (χ1n) is 8.52. The fraction of sp³-hybridized carbons (Fsp3) is 0.611. The Morgan fingerprint density at radius 1 is 1.26 bits per heavy atom. The van der Waals surface area contributed by atoms with Crippen LogP contribution in [-0.2, 0) is 11.3 Å². The normalized spacial score (nSPS) is 18.9. The summed E-state index contributed by atoms with van der Waals surface area (Å²) in [5, 5.41) is 3.17. The summed E-state index contributed by atoms with van der Waals surface area (Å²) in [7, 11) is 1.98. The van der Waals surface area contributed by atoms with Gasteiger partial charge in [-0.15, -0.1) is 0 Å². The number of nitrogens with zero attached hydrogens (tertiary/aromatic N) is 1. The number of benzene rings is 1. The molecule has 1 aromatic carbocycles. The van der Waals surface area contributed by atoms with Gasteiger partial charge in [-0.2, -0.15) is 0 Å². The van der Waals surface area contributed by atoms with E-state index in [4.69, 9.17) is 9.47 Å². The predicted octanol–water partition coefficient (Wildman–Crippen LogP) is 2.34. The van der Waals surface area contributed by atoms with E-state index in [0.29, 0.717) is 25.8 Å². The van der Waals surface area contributed by atoms with Crippen molar-refractivity contribution in [3.63, 3.8) is 0 Å². The van der Waals surface area contributed by atoms with Crippen molar-refractivity contribution in [3.05, 3.63) is 23.8 Å². The smallest absolute Gasteiger partial charge is 0.237 e. The average Bonchev–Trinajstić information content (AvgIpc) is 3.07. The van der Waals surface area contributed by atoms with E-state index in [1.807, 2.05) is 32.2 Å². The molecule has 5 nitrogen and oxygen atoms in total. The molecule has 1 aliphatic carbocycles. The zero-order valence-electron chi connectivity index (χ0n) is 14.0. The van der Waals surface area contributed by atoms with Gasteiger partial charge in [0.05, 0.1) is 6.04 Å². The number of likely N-dealkylation sites (N-methyl/N-ethyl adjacent to an activating group) is 1. The second-order valence-electron chi connectivity index (χ2n) is 6.56. The molecule has 1 aliphatic heterocycles. The van der Waals surface area contributed by atoms with Crippen molar-refractivity contribution >= 4 is 5.91 Å². The maximum Gasteiger partial charge on any atom is 0.237 e. The third-order valence-corrected chi connectivity index (χ3v) is 4.78. The molecule has 0 bridgehead atoms. The largest absolute Gasteiger partial charge is 0.486 e. The number of nitrogens with one attached hydrogen (secondary N) is 1. The molecule has 1 amide bonds. The van der Waals surface area contributed by atoms with Crippen LogP contribution in [0.5, 0.6) is 11.5 Å². The van der Waals surface area contributed by atoms with Crippen molar-refractivity contribution in [2.75, 3.05) is 20.3 Å². The second-order valence-corrected chi connectivity index (χ2v) is 6.56. The highest BCUT2D eigenvalue weighted by atomic mass is 16.6. The van der Waals surface area contributed by atoms with Gasteiger partial charge in [0, 0.05) is 12.6 Å². The topological polar surface area (TPSA) is 50.8 Å². The number of carbonyl (C=O) groups excluding carboxylic acids is 1. The van der Waals surface area contributed by atoms with E-state index in [9.17, 15) is 4.79 Å². The Balaban J connectivity index is 1.57. The standard InChI is InChI=1S/C18H26N2O3/c1-13(18(21)19-15-5-3-4-6-15)20(2)12-14-7-8-16-17(11-14)23-10-9-22-16/h7-8,11,13,15H,3-6,9-10,12H2,1-2H3,(H,19,21). The van der Waals surface area contributed by atoms with Crippen LogP contribution >= 0.6 is 0 Å². The molecule has 1 aromatic rings. The van der Waals surface area contributed by atoms with E-state index in [1.54, 1.807) is 0 Å². The lowest BCUT2D eigenvalue weighted by atomic mass is 10.1. The van der Waals surface area contributed by atoms with E-state index >= 15 is 0 Å². The molecule has 126 valence electrons. The fourth-order valence-corrected chi connectivity index (χ4v) is 3.20. The van der Waals surface area contributed by atoms with Gasteiger partial charge in [-0.05, 0) is 44.5 Å². The van der Waals surface area contributed by atoms with Crippen LogP contribution in [-0.4, -0.2) is 43.2 Å². The van der Waals surface area contributed by atoms with E-state index < -0.39 is 0 Å². The van der Waals surface area contributed by atoms with E-state index in [-0.39, 0.29) is 11.9 Å². The molecule has 23 heavy (non-hydrogen) atoms. The van der Waals surface area contributed by atoms with Gasteiger partial charge in [-0.3, -0.25) is 9.69 Å². The van der Waals surface area contributed by atoms with Crippen LogP contribution in [0.1, 0.15) is 38.2 Å². The average molecular weight is 318 g/mol. The first-order valence-corrected chi connectivity index (χ1v) is 8.52. The monoisotopic (exact) mass is 318 g/mol. The second kappa shape index (κ2) is 7.21. The number of fused-ring (bicyclic) bond motifs is 1. The maximum atomic E-state index is 12.4. The molecule has 1 atom stereocenters. The van der Waals surface area contributed by atoms with Gasteiger partial charge >= 0.3 is 0 Å². The number of carbonyl (C=O) groups is 1. The number of rotatable bonds is 5. The SMILES string of the molecule is CC(C(=O)NC1CCCC1)N(C)Cc1ccc2c(c1)OCCO2. The molecule has 1 N–H and O–H groups in total. The lowest BCUT2D eigenvalue weighted by molar-refractivity contribution is -0.126. The molecule has 5 heteroatoms. The Labute approximate surface area is 137 Å². The number of hydrogen-bond donors (Lipinski definition) is 1. The van der Waals surface area contributed by atoms with Crippen LogP contribution in [0.2, 0.25) is 0 Å². The summed E-state index contributed by atoms with van der Waals surface area (Å²) in [6, 6.07) is 6.20. The molecule has 0 radical (unpaired) electrons. The lowest BCUT2D eigenvalue weighted by Crippen LogP contribution is -2.46. The first-order chi connectivity index (χ1) is 11.1. The third-order valence-electron chi connectivity index (χ3n) is 4.78. The minimum absolute atomic E-state index is 0.122. The Morgan fingerprint density at radius 3 is 2.70 bits per heavy atom. The van der Waals surface area contributed by atoms with Gasteiger partial charge in [0.1, 0.15) is 13.2 Å². The number of amides is 1. The summed E-state index contributed by atoms with van der Waals surface area (Å²) in [6.45, 7) is 3.86. The van der Waals surface area contributed by atoms with Crippen molar-refractivity contribution in [1.29, 1.82) is 0 Å². The zero-order chi connectivity index (χ0) is 16.2. The van der Waals surface area contributed by atoms with Crippen LogP contribution in [0.25, 0.3) is 0 Å². The Bertz CT molecular complexity index is 555. The van der Waals surface area contributed by atoms with Gasteiger partial charge < -0.3 is 14.8 Å².